The maximum absolute atomic E-state index is 5.65. The van der Waals surface area contributed by atoms with Crippen molar-refractivity contribution in [2.24, 2.45) is 10.4 Å². The van der Waals surface area contributed by atoms with Crippen LogP contribution in [-0.2, 0) is 4.74 Å². The Morgan fingerprint density at radius 2 is 1.96 bits per heavy atom. The molecule has 6 heteroatoms. The maximum atomic E-state index is 5.65. The van der Waals surface area contributed by atoms with Crippen LogP contribution in [0.4, 0.5) is 0 Å². The highest BCUT2D eigenvalue weighted by Crippen LogP contribution is 2.38. The molecule has 3 rings (SSSR count). The smallest absolute Gasteiger partial charge is 0.193 e. The van der Waals surface area contributed by atoms with Gasteiger partial charge in [-0.3, -0.25) is 4.99 Å². The number of hydrogen-bond acceptors (Lipinski definition) is 4. The summed E-state index contributed by atoms with van der Waals surface area (Å²) >= 11 is 0. The molecule has 1 spiro atoms. The first-order valence-electron chi connectivity index (χ1n) is 10.2. The second kappa shape index (κ2) is 9.19. The van der Waals surface area contributed by atoms with Crippen LogP contribution in [0, 0.1) is 5.41 Å². The van der Waals surface area contributed by atoms with Gasteiger partial charge in [-0.15, -0.1) is 0 Å². The van der Waals surface area contributed by atoms with E-state index in [0.717, 1.165) is 45.4 Å². The first-order valence-corrected chi connectivity index (χ1v) is 10.2. The predicted molar refractivity (Wildman–Crippen MR) is 103 cm³/mol. The maximum Gasteiger partial charge on any atom is 0.193 e. The number of unbranched alkanes of at least 4 members (excludes halogenated alkanes) is 1. The molecule has 1 unspecified atom stereocenters. The van der Waals surface area contributed by atoms with Crippen LogP contribution >= 0.6 is 0 Å². The van der Waals surface area contributed by atoms with Crippen LogP contribution in [0.3, 0.4) is 0 Å². The van der Waals surface area contributed by atoms with Gasteiger partial charge in [0.2, 0.25) is 0 Å². The summed E-state index contributed by atoms with van der Waals surface area (Å²) < 4.78 is 5.65. The van der Waals surface area contributed by atoms with Gasteiger partial charge in [0.15, 0.2) is 5.96 Å². The molecule has 3 heterocycles. The van der Waals surface area contributed by atoms with Crippen LogP contribution in [0.1, 0.15) is 32.6 Å². The van der Waals surface area contributed by atoms with E-state index in [9.17, 15) is 0 Å². The molecule has 25 heavy (non-hydrogen) atoms. The van der Waals surface area contributed by atoms with E-state index in [2.05, 4.69) is 34.0 Å². The Labute approximate surface area is 153 Å². The molecular formula is C19H37N5O. The van der Waals surface area contributed by atoms with Crippen molar-refractivity contribution in [1.82, 2.24) is 20.0 Å². The number of likely N-dealkylation sites (tertiary alicyclic amines) is 1. The molecular weight excluding hydrogens is 314 g/mol. The lowest BCUT2D eigenvalue weighted by Crippen LogP contribution is -2.44. The van der Waals surface area contributed by atoms with Gasteiger partial charge in [0.05, 0.1) is 6.61 Å². The lowest BCUT2D eigenvalue weighted by atomic mass is 9.87. The third kappa shape index (κ3) is 5.31. The van der Waals surface area contributed by atoms with E-state index < -0.39 is 0 Å². The minimum atomic E-state index is 0.400. The van der Waals surface area contributed by atoms with Gasteiger partial charge in [-0.1, -0.05) is 0 Å². The molecule has 1 atom stereocenters. The van der Waals surface area contributed by atoms with Gasteiger partial charge < -0.3 is 24.8 Å². The zero-order chi connectivity index (χ0) is 17.5. The van der Waals surface area contributed by atoms with Crippen molar-refractivity contribution < 1.29 is 4.74 Å². The first kappa shape index (κ1) is 18.9. The Hall–Kier alpha value is -0.850. The summed E-state index contributed by atoms with van der Waals surface area (Å²) in [5.74, 6) is 1.12. The number of nitrogens with one attached hydrogen (secondary N) is 1. The molecule has 0 aliphatic carbocycles. The highest BCUT2D eigenvalue weighted by Gasteiger charge is 2.42. The SMILES string of the molecule is CCNC(=NCCCCN1CCN(C)CC1)N1CCC2(CCOC2)C1. The summed E-state index contributed by atoms with van der Waals surface area (Å²) in [6.07, 6.45) is 4.91. The predicted octanol–water partition coefficient (Wildman–Crippen LogP) is 1.09. The molecule has 0 amide bonds. The van der Waals surface area contributed by atoms with E-state index in [1.54, 1.807) is 0 Å². The molecule has 0 aromatic rings. The number of ether oxygens (including phenoxy) is 1. The molecule has 0 aromatic carbocycles. The fourth-order valence-electron chi connectivity index (χ4n) is 4.22. The lowest BCUT2D eigenvalue weighted by Gasteiger charge is -2.32. The van der Waals surface area contributed by atoms with Gasteiger partial charge >= 0.3 is 0 Å². The highest BCUT2D eigenvalue weighted by atomic mass is 16.5. The quantitative estimate of drug-likeness (QED) is 0.441. The Morgan fingerprint density at radius 1 is 1.12 bits per heavy atom. The second-order valence-corrected chi connectivity index (χ2v) is 8.06. The second-order valence-electron chi connectivity index (χ2n) is 8.06. The van der Waals surface area contributed by atoms with Gasteiger partial charge in [-0.2, -0.15) is 0 Å². The van der Waals surface area contributed by atoms with E-state index in [-0.39, 0.29) is 0 Å². The summed E-state index contributed by atoms with van der Waals surface area (Å²) in [4.78, 5) is 12.4. The monoisotopic (exact) mass is 351 g/mol. The van der Waals surface area contributed by atoms with Crippen LogP contribution < -0.4 is 5.32 Å². The number of likely N-dealkylation sites (N-methyl/N-ethyl adjacent to an activating group) is 1. The Balaban J connectivity index is 1.38. The summed E-state index contributed by atoms with van der Waals surface area (Å²) in [6, 6.07) is 0. The van der Waals surface area contributed by atoms with Crippen molar-refractivity contribution in [2.75, 3.05) is 79.2 Å². The van der Waals surface area contributed by atoms with Crippen molar-refractivity contribution in [1.29, 1.82) is 0 Å². The third-order valence-corrected chi connectivity index (χ3v) is 6.00. The molecule has 3 saturated heterocycles. The molecule has 3 aliphatic rings. The fraction of sp³-hybridized carbons (Fsp3) is 0.947. The van der Waals surface area contributed by atoms with E-state index in [0.29, 0.717) is 5.41 Å². The molecule has 0 aromatic heterocycles. The minimum Gasteiger partial charge on any atom is -0.381 e. The van der Waals surface area contributed by atoms with E-state index in [1.165, 1.54) is 58.4 Å². The highest BCUT2D eigenvalue weighted by molar-refractivity contribution is 5.80. The Bertz CT molecular complexity index is 428. The fourth-order valence-corrected chi connectivity index (χ4v) is 4.22. The largest absolute Gasteiger partial charge is 0.381 e. The molecule has 3 aliphatic heterocycles. The minimum absolute atomic E-state index is 0.400. The zero-order valence-electron chi connectivity index (χ0n) is 16.3. The third-order valence-electron chi connectivity index (χ3n) is 6.00. The van der Waals surface area contributed by atoms with Crippen LogP contribution in [0.15, 0.2) is 4.99 Å². The Kier molecular flexibility index (Phi) is 6.96. The number of rotatable bonds is 6. The molecule has 0 bridgehead atoms. The normalized spacial score (nSPS) is 29.0. The number of piperazine rings is 1. The first-order chi connectivity index (χ1) is 12.2. The number of aliphatic imine (C=N–C) groups is 1. The summed E-state index contributed by atoms with van der Waals surface area (Å²) in [7, 11) is 2.22. The summed E-state index contributed by atoms with van der Waals surface area (Å²) in [5.41, 5.74) is 0.400. The number of guanidine groups is 1. The molecule has 3 fully saturated rings. The topological polar surface area (TPSA) is 43.3 Å². The summed E-state index contributed by atoms with van der Waals surface area (Å²) in [6.45, 7) is 14.2. The standard InChI is InChI=1S/C19H37N5O/c1-3-20-18(24-10-6-19(16-24)7-15-25-17-19)21-8-4-5-9-23-13-11-22(2)12-14-23/h3-17H2,1-2H3,(H,20,21). The van der Waals surface area contributed by atoms with Crippen LogP contribution in [0.25, 0.3) is 0 Å². The molecule has 144 valence electrons. The molecule has 0 radical (unpaired) electrons. The number of nitrogens with zero attached hydrogens (tertiary/aromatic N) is 4. The van der Waals surface area contributed by atoms with Gasteiger partial charge in [0.1, 0.15) is 0 Å². The van der Waals surface area contributed by atoms with Gasteiger partial charge in [0, 0.05) is 64.4 Å². The lowest BCUT2D eigenvalue weighted by molar-refractivity contribution is 0.152. The van der Waals surface area contributed by atoms with E-state index in [1.807, 2.05) is 0 Å². The molecule has 1 N–H and O–H groups in total. The average Bonchev–Trinajstić information content (AvgIpc) is 3.25. The zero-order valence-corrected chi connectivity index (χ0v) is 16.3. The van der Waals surface area contributed by atoms with Crippen LogP contribution in [0.5, 0.6) is 0 Å². The molecule has 6 nitrogen and oxygen atoms in total. The van der Waals surface area contributed by atoms with Gasteiger partial charge in [0.25, 0.3) is 0 Å². The van der Waals surface area contributed by atoms with Crippen molar-refractivity contribution in [2.45, 2.75) is 32.6 Å². The average molecular weight is 352 g/mol. The summed E-state index contributed by atoms with van der Waals surface area (Å²) in [5, 5.41) is 3.50. The van der Waals surface area contributed by atoms with Crippen molar-refractivity contribution in [3.8, 4) is 0 Å². The van der Waals surface area contributed by atoms with Gasteiger partial charge in [-0.25, -0.2) is 0 Å². The van der Waals surface area contributed by atoms with Crippen LogP contribution in [0.2, 0.25) is 0 Å². The molecule has 0 saturated carbocycles. The van der Waals surface area contributed by atoms with Crippen LogP contribution in [-0.4, -0.2) is 99.8 Å². The van der Waals surface area contributed by atoms with Crippen molar-refractivity contribution >= 4 is 5.96 Å². The van der Waals surface area contributed by atoms with Crippen molar-refractivity contribution in [3.63, 3.8) is 0 Å². The van der Waals surface area contributed by atoms with E-state index in [4.69, 9.17) is 9.73 Å². The van der Waals surface area contributed by atoms with Gasteiger partial charge in [-0.05, 0) is 46.2 Å². The van der Waals surface area contributed by atoms with Crippen molar-refractivity contribution in [3.05, 3.63) is 0 Å². The number of hydrogen-bond donors (Lipinski definition) is 1. The van der Waals surface area contributed by atoms with E-state index >= 15 is 0 Å². The Morgan fingerprint density at radius 3 is 2.68 bits per heavy atom.